The quantitative estimate of drug-likeness (QED) is 0.625. The first-order valence-electron chi connectivity index (χ1n) is 8.42. The van der Waals surface area contributed by atoms with E-state index in [9.17, 15) is 13.2 Å². The van der Waals surface area contributed by atoms with Crippen LogP contribution in [0.1, 0.15) is 12.0 Å². The van der Waals surface area contributed by atoms with Crippen molar-refractivity contribution in [3.63, 3.8) is 0 Å². The van der Waals surface area contributed by atoms with E-state index in [1.54, 1.807) is 0 Å². The van der Waals surface area contributed by atoms with Crippen LogP contribution >= 0.6 is 12.4 Å². The number of ether oxygens (including phenoxy) is 1. The summed E-state index contributed by atoms with van der Waals surface area (Å²) in [6, 6.07) is 9.73. The summed E-state index contributed by atoms with van der Waals surface area (Å²) in [6.07, 6.45) is 1.78. The van der Waals surface area contributed by atoms with Gasteiger partial charge in [-0.25, -0.2) is 13.6 Å². The van der Waals surface area contributed by atoms with E-state index in [1.807, 2.05) is 23.1 Å². The maximum atomic E-state index is 12.6. The molecule has 152 valence electrons. The van der Waals surface area contributed by atoms with Gasteiger partial charge in [0, 0.05) is 17.9 Å². The number of carbonyl (C=O) groups is 1. The molecule has 1 aliphatic rings. The number of hydrogen-bond acceptors (Lipinski definition) is 6. The van der Waals surface area contributed by atoms with Crippen molar-refractivity contribution < 1.29 is 17.9 Å². The van der Waals surface area contributed by atoms with Gasteiger partial charge in [0.25, 0.3) is 0 Å². The van der Waals surface area contributed by atoms with Crippen molar-refractivity contribution in [3.8, 4) is 5.75 Å². The fraction of sp³-hybridized carbons (Fsp3) is 0.278. The van der Waals surface area contributed by atoms with Crippen LogP contribution in [0.3, 0.4) is 0 Å². The highest BCUT2D eigenvalue weighted by Crippen LogP contribution is 2.31. The van der Waals surface area contributed by atoms with E-state index in [0.29, 0.717) is 5.75 Å². The molecule has 2 aromatic carbocycles. The van der Waals surface area contributed by atoms with Gasteiger partial charge in [-0.3, -0.25) is 4.79 Å². The lowest BCUT2D eigenvalue weighted by molar-refractivity contribution is -0.115. The van der Waals surface area contributed by atoms with Crippen LogP contribution in [0.2, 0.25) is 0 Å². The number of nitrogens with one attached hydrogen (secondary N) is 1. The Hall–Kier alpha value is -2.49. The second-order valence-electron chi connectivity index (χ2n) is 6.33. The summed E-state index contributed by atoms with van der Waals surface area (Å²) in [5, 5.41) is 7.87. The van der Waals surface area contributed by atoms with Crippen LogP contribution < -0.4 is 25.8 Å². The normalized spacial score (nSPS) is 13.3. The van der Waals surface area contributed by atoms with Crippen molar-refractivity contribution in [2.45, 2.75) is 17.7 Å². The molecule has 3 rings (SSSR count). The lowest BCUT2D eigenvalue weighted by Crippen LogP contribution is -2.37. The van der Waals surface area contributed by atoms with E-state index in [0.717, 1.165) is 36.3 Å². The summed E-state index contributed by atoms with van der Waals surface area (Å²) >= 11 is 0. The third-order valence-electron chi connectivity index (χ3n) is 4.49. The fourth-order valence-corrected chi connectivity index (χ4v) is 3.76. The third-order valence-corrected chi connectivity index (χ3v) is 5.40. The van der Waals surface area contributed by atoms with E-state index in [2.05, 4.69) is 5.32 Å². The number of sulfonamides is 1. The number of benzene rings is 2. The minimum Gasteiger partial charge on any atom is -0.495 e. The van der Waals surface area contributed by atoms with Crippen LogP contribution in [0, 0.1) is 0 Å². The Morgan fingerprint density at radius 3 is 2.71 bits per heavy atom. The molecule has 1 heterocycles. The molecular formula is C18H23ClN4O4S. The zero-order chi connectivity index (χ0) is 19.6. The van der Waals surface area contributed by atoms with E-state index in [4.69, 9.17) is 15.6 Å². The summed E-state index contributed by atoms with van der Waals surface area (Å²) in [5.41, 5.74) is 9.00. The van der Waals surface area contributed by atoms with Gasteiger partial charge in [0.2, 0.25) is 15.9 Å². The summed E-state index contributed by atoms with van der Waals surface area (Å²) in [7, 11) is -2.45. The molecule has 2 aromatic rings. The average molecular weight is 427 g/mol. The first kappa shape index (κ1) is 21.8. The topological polar surface area (TPSA) is 128 Å². The van der Waals surface area contributed by atoms with Crippen LogP contribution in [0.25, 0.3) is 0 Å². The molecule has 0 saturated carbocycles. The fourth-order valence-electron chi connectivity index (χ4n) is 3.22. The van der Waals surface area contributed by atoms with Crippen LogP contribution in [0.5, 0.6) is 5.75 Å². The monoisotopic (exact) mass is 426 g/mol. The number of nitrogens with zero attached hydrogens (tertiary/aromatic N) is 1. The van der Waals surface area contributed by atoms with Gasteiger partial charge < -0.3 is 20.7 Å². The largest absolute Gasteiger partial charge is 0.495 e. The van der Waals surface area contributed by atoms with Crippen LogP contribution in [0.15, 0.2) is 41.3 Å². The van der Waals surface area contributed by atoms with Gasteiger partial charge in [0.15, 0.2) is 0 Å². The predicted octanol–water partition coefficient (Wildman–Crippen LogP) is 1.74. The number of carbonyl (C=O) groups excluding carboxylic acids is 1. The minimum absolute atomic E-state index is 0. The number of amides is 1. The van der Waals surface area contributed by atoms with Gasteiger partial charge in [0.1, 0.15) is 5.75 Å². The first-order chi connectivity index (χ1) is 12.8. The molecule has 0 radical (unpaired) electrons. The van der Waals surface area contributed by atoms with Crippen molar-refractivity contribution in [2.75, 3.05) is 36.1 Å². The molecule has 0 fully saturated rings. The number of halogens is 1. The minimum atomic E-state index is -3.89. The van der Waals surface area contributed by atoms with Crippen LogP contribution in [-0.2, 0) is 21.2 Å². The molecule has 10 heteroatoms. The highest BCUT2D eigenvalue weighted by molar-refractivity contribution is 7.89. The Morgan fingerprint density at radius 1 is 1.29 bits per heavy atom. The molecule has 8 nitrogen and oxygen atoms in total. The summed E-state index contributed by atoms with van der Waals surface area (Å²) < 4.78 is 28.3. The Labute approximate surface area is 170 Å². The van der Waals surface area contributed by atoms with Crippen molar-refractivity contribution in [2.24, 2.45) is 5.14 Å². The second-order valence-corrected chi connectivity index (χ2v) is 7.89. The van der Waals surface area contributed by atoms with E-state index >= 15 is 0 Å². The van der Waals surface area contributed by atoms with Gasteiger partial charge in [0.05, 0.1) is 24.2 Å². The van der Waals surface area contributed by atoms with E-state index in [1.165, 1.54) is 25.3 Å². The summed E-state index contributed by atoms with van der Waals surface area (Å²) in [4.78, 5) is 14.4. The Balaban J connectivity index is 0.00000280. The lowest BCUT2D eigenvalue weighted by Gasteiger charge is -2.31. The number of primary sulfonamides is 1. The number of nitrogen functional groups attached to an aromatic ring is 1. The number of anilines is 3. The third kappa shape index (κ3) is 4.67. The molecule has 1 amide bonds. The molecule has 0 spiro atoms. The number of hydrogen-bond donors (Lipinski definition) is 3. The van der Waals surface area contributed by atoms with E-state index in [-0.39, 0.29) is 35.4 Å². The second kappa shape index (κ2) is 8.68. The molecule has 0 unspecified atom stereocenters. The first-order valence-corrected chi connectivity index (χ1v) is 9.97. The summed E-state index contributed by atoms with van der Waals surface area (Å²) in [6.45, 7) is 0.845. The van der Waals surface area contributed by atoms with Crippen molar-refractivity contribution in [3.05, 3.63) is 42.0 Å². The standard InChI is InChI=1S/C18H22N4O4S.ClH/c1-26-17-8-7-12(27(20,24)25)10-15(17)21-18(23)11-22-9-3-4-13-14(19)5-2-6-16(13)22;/h2,5-8,10H,3-4,9,11,19H2,1H3,(H,21,23)(H2,20,24,25);1H. The number of rotatable bonds is 5. The molecule has 0 aliphatic carbocycles. The Bertz CT molecular complexity index is 982. The molecule has 28 heavy (non-hydrogen) atoms. The number of nitrogens with two attached hydrogens (primary N) is 2. The average Bonchev–Trinajstić information content (AvgIpc) is 2.62. The molecule has 1 aliphatic heterocycles. The van der Waals surface area contributed by atoms with Gasteiger partial charge in [-0.05, 0) is 48.7 Å². The molecule has 0 atom stereocenters. The Kier molecular flexibility index (Phi) is 6.76. The molecule has 5 N–H and O–H groups in total. The van der Waals surface area contributed by atoms with Crippen LogP contribution in [-0.4, -0.2) is 34.5 Å². The summed E-state index contributed by atoms with van der Waals surface area (Å²) in [5.74, 6) is 0.0502. The van der Waals surface area contributed by atoms with Crippen LogP contribution in [0.4, 0.5) is 17.1 Å². The predicted molar refractivity (Wildman–Crippen MR) is 112 cm³/mol. The smallest absolute Gasteiger partial charge is 0.243 e. The van der Waals surface area contributed by atoms with Crippen molar-refractivity contribution >= 4 is 45.4 Å². The van der Waals surface area contributed by atoms with Gasteiger partial charge >= 0.3 is 0 Å². The van der Waals surface area contributed by atoms with Crippen molar-refractivity contribution in [1.82, 2.24) is 0 Å². The highest BCUT2D eigenvalue weighted by Gasteiger charge is 2.21. The number of methoxy groups -OCH3 is 1. The molecule has 0 aromatic heterocycles. The SMILES string of the molecule is COc1ccc(S(N)(=O)=O)cc1NC(=O)CN1CCCc2c(N)cccc21.Cl. The highest BCUT2D eigenvalue weighted by atomic mass is 35.5. The zero-order valence-corrected chi connectivity index (χ0v) is 17.0. The van der Waals surface area contributed by atoms with Gasteiger partial charge in [-0.15, -0.1) is 12.4 Å². The maximum Gasteiger partial charge on any atom is 0.243 e. The van der Waals surface area contributed by atoms with E-state index < -0.39 is 10.0 Å². The lowest BCUT2D eigenvalue weighted by atomic mass is 10.00. The molecular weight excluding hydrogens is 404 g/mol. The van der Waals surface area contributed by atoms with Crippen molar-refractivity contribution in [1.29, 1.82) is 0 Å². The molecule has 0 saturated heterocycles. The zero-order valence-electron chi connectivity index (χ0n) is 15.3. The molecule has 0 bridgehead atoms. The van der Waals surface area contributed by atoms with Gasteiger partial charge in [-0.2, -0.15) is 0 Å². The van der Waals surface area contributed by atoms with Gasteiger partial charge in [-0.1, -0.05) is 6.07 Å². The Morgan fingerprint density at radius 2 is 2.04 bits per heavy atom. The maximum absolute atomic E-state index is 12.6. The number of fused-ring (bicyclic) bond motifs is 1.